The lowest BCUT2D eigenvalue weighted by Gasteiger charge is -2.51. The Morgan fingerprint density at radius 2 is 1.63 bits per heavy atom. The standard InChI is InChI=1S/C22H36N2O3/c25-22-15-27-21-4-2-1-3-20(21)24(22)18-7-9-23(10-8-18)19-11-17(12-19)14-26-13-16-5-6-16/h16-21H,1-15H2/t17?,19?,20-,21-/m0/s1. The zero-order valence-corrected chi connectivity index (χ0v) is 16.7. The van der Waals surface area contributed by atoms with Crippen LogP contribution in [0.25, 0.3) is 0 Å². The largest absolute Gasteiger partial charge is 0.381 e. The van der Waals surface area contributed by atoms with Crippen molar-refractivity contribution < 1.29 is 14.3 Å². The summed E-state index contributed by atoms with van der Waals surface area (Å²) in [6.45, 7) is 4.61. The fourth-order valence-corrected chi connectivity index (χ4v) is 5.85. The van der Waals surface area contributed by atoms with Crippen molar-refractivity contribution in [3.05, 3.63) is 0 Å². The summed E-state index contributed by atoms with van der Waals surface area (Å²) in [5.41, 5.74) is 0. The normalized spacial score (nSPS) is 38.5. The number of fused-ring (bicyclic) bond motifs is 1. The predicted octanol–water partition coefficient (Wildman–Crippen LogP) is 2.83. The number of likely N-dealkylation sites (tertiary alicyclic amines) is 1. The Morgan fingerprint density at radius 3 is 2.41 bits per heavy atom. The van der Waals surface area contributed by atoms with Crippen LogP contribution in [-0.4, -0.2) is 72.8 Å². The Bertz CT molecular complexity index is 524. The van der Waals surface area contributed by atoms with E-state index >= 15 is 0 Å². The first kappa shape index (κ1) is 18.4. The number of morpholine rings is 1. The third kappa shape index (κ3) is 4.06. The van der Waals surface area contributed by atoms with Gasteiger partial charge in [-0.15, -0.1) is 0 Å². The second-order valence-corrected chi connectivity index (χ2v) is 9.74. The molecule has 0 bridgehead atoms. The summed E-state index contributed by atoms with van der Waals surface area (Å²) < 4.78 is 11.7. The van der Waals surface area contributed by atoms with Gasteiger partial charge in [0.15, 0.2) is 0 Å². The summed E-state index contributed by atoms with van der Waals surface area (Å²) in [6, 6.07) is 1.57. The van der Waals surface area contributed by atoms with E-state index in [1.54, 1.807) is 0 Å². The van der Waals surface area contributed by atoms with Crippen molar-refractivity contribution in [3.63, 3.8) is 0 Å². The van der Waals surface area contributed by atoms with Gasteiger partial charge in [-0.2, -0.15) is 0 Å². The van der Waals surface area contributed by atoms with Crippen molar-refractivity contribution in [1.29, 1.82) is 0 Å². The molecule has 5 nitrogen and oxygen atoms in total. The zero-order chi connectivity index (χ0) is 18.2. The highest BCUT2D eigenvalue weighted by Gasteiger charge is 2.43. The van der Waals surface area contributed by atoms with E-state index in [9.17, 15) is 4.79 Å². The number of ether oxygens (including phenoxy) is 2. The molecule has 3 saturated carbocycles. The summed E-state index contributed by atoms with van der Waals surface area (Å²) in [5.74, 6) is 1.91. The Morgan fingerprint density at radius 1 is 0.889 bits per heavy atom. The van der Waals surface area contributed by atoms with Crippen molar-refractivity contribution in [2.45, 2.75) is 88.4 Å². The van der Waals surface area contributed by atoms with Crippen LogP contribution in [0.15, 0.2) is 0 Å². The molecule has 2 heterocycles. The monoisotopic (exact) mass is 376 g/mol. The average molecular weight is 377 g/mol. The maximum Gasteiger partial charge on any atom is 0.249 e. The third-order valence-corrected chi connectivity index (χ3v) is 7.76. The molecule has 152 valence electrons. The Balaban J connectivity index is 1.07. The van der Waals surface area contributed by atoms with Crippen molar-refractivity contribution in [2.24, 2.45) is 11.8 Å². The quantitative estimate of drug-likeness (QED) is 0.715. The lowest BCUT2D eigenvalue weighted by molar-refractivity contribution is -0.167. The lowest BCUT2D eigenvalue weighted by Crippen LogP contribution is -2.61. The Labute approximate surface area is 163 Å². The van der Waals surface area contributed by atoms with E-state index in [0.29, 0.717) is 24.8 Å². The minimum atomic E-state index is 0.244. The van der Waals surface area contributed by atoms with Gasteiger partial charge < -0.3 is 19.3 Å². The second-order valence-electron chi connectivity index (χ2n) is 9.74. The molecule has 5 fully saturated rings. The van der Waals surface area contributed by atoms with E-state index in [1.807, 2.05) is 0 Å². The van der Waals surface area contributed by atoms with Gasteiger partial charge in [0.25, 0.3) is 0 Å². The number of hydrogen-bond acceptors (Lipinski definition) is 4. The predicted molar refractivity (Wildman–Crippen MR) is 103 cm³/mol. The molecule has 5 aliphatic rings. The van der Waals surface area contributed by atoms with Crippen LogP contribution in [-0.2, 0) is 14.3 Å². The topological polar surface area (TPSA) is 42.0 Å². The molecular formula is C22H36N2O3. The van der Waals surface area contributed by atoms with Gasteiger partial charge in [-0.05, 0) is 63.2 Å². The molecule has 2 atom stereocenters. The van der Waals surface area contributed by atoms with Crippen LogP contribution in [0.3, 0.4) is 0 Å². The molecule has 3 aliphatic carbocycles. The summed E-state index contributed by atoms with van der Waals surface area (Å²) in [7, 11) is 0. The number of hydrogen-bond donors (Lipinski definition) is 0. The SMILES string of the molecule is O=C1CO[C@H]2CCCC[C@@H]2N1C1CCN(C2CC(COCC3CC3)C2)CC1. The lowest BCUT2D eigenvalue weighted by atomic mass is 9.79. The van der Waals surface area contributed by atoms with Gasteiger partial charge in [0.1, 0.15) is 6.61 Å². The molecule has 2 aliphatic heterocycles. The first-order chi connectivity index (χ1) is 13.3. The minimum absolute atomic E-state index is 0.244. The molecule has 0 N–H and O–H groups in total. The highest BCUT2D eigenvalue weighted by atomic mass is 16.5. The fraction of sp³-hybridized carbons (Fsp3) is 0.955. The molecule has 27 heavy (non-hydrogen) atoms. The average Bonchev–Trinajstić information content (AvgIpc) is 3.48. The van der Waals surface area contributed by atoms with Gasteiger partial charge in [0, 0.05) is 38.4 Å². The number of nitrogens with zero attached hydrogens (tertiary/aromatic N) is 2. The van der Waals surface area contributed by atoms with E-state index in [1.165, 1.54) is 38.5 Å². The third-order valence-electron chi connectivity index (χ3n) is 7.76. The summed E-state index contributed by atoms with van der Waals surface area (Å²) in [4.78, 5) is 17.6. The van der Waals surface area contributed by atoms with Crippen molar-refractivity contribution in [3.8, 4) is 0 Å². The van der Waals surface area contributed by atoms with E-state index in [-0.39, 0.29) is 5.91 Å². The van der Waals surface area contributed by atoms with E-state index < -0.39 is 0 Å². The maximum absolute atomic E-state index is 12.6. The first-order valence-corrected chi connectivity index (χ1v) is 11.5. The summed E-state index contributed by atoms with van der Waals surface area (Å²) in [5, 5.41) is 0. The maximum atomic E-state index is 12.6. The molecule has 0 spiro atoms. The fourth-order valence-electron chi connectivity index (χ4n) is 5.85. The van der Waals surface area contributed by atoms with Crippen LogP contribution in [0.5, 0.6) is 0 Å². The van der Waals surface area contributed by atoms with Crippen LogP contribution in [0.2, 0.25) is 0 Å². The van der Waals surface area contributed by atoms with E-state index in [4.69, 9.17) is 9.47 Å². The highest BCUT2D eigenvalue weighted by molar-refractivity contribution is 5.79. The minimum Gasteiger partial charge on any atom is -0.381 e. The number of piperidine rings is 1. The van der Waals surface area contributed by atoms with Gasteiger partial charge in [-0.1, -0.05) is 12.8 Å². The van der Waals surface area contributed by atoms with E-state index in [2.05, 4.69) is 9.80 Å². The smallest absolute Gasteiger partial charge is 0.249 e. The van der Waals surface area contributed by atoms with Crippen molar-refractivity contribution in [1.82, 2.24) is 9.80 Å². The number of rotatable bonds is 6. The van der Waals surface area contributed by atoms with Gasteiger partial charge in [0.05, 0.1) is 12.1 Å². The molecule has 0 aromatic heterocycles. The molecule has 5 heteroatoms. The summed E-state index contributed by atoms with van der Waals surface area (Å²) >= 11 is 0. The molecule has 0 radical (unpaired) electrons. The molecule has 5 rings (SSSR count). The van der Waals surface area contributed by atoms with Gasteiger partial charge in [-0.3, -0.25) is 4.79 Å². The molecular weight excluding hydrogens is 340 g/mol. The van der Waals surface area contributed by atoms with Crippen LogP contribution in [0.1, 0.15) is 64.2 Å². The van der Waals surface area contributed by atoms with Crippen LogP contribution < -0.4 is 0 Å². The number of carbonyl (C=O) groups excluding carboxylic acids is 1. The van der Waals surface area contributed by atoms with Gasteiger partial charge in [0.2, 0.25) is 5.91 Å². The molecule has 2 saturated heterocycles. The van der Waals surface area contributed by atoms with E-state index in [0.717, 1.165) is 69.9 Å². The van der Waals surface area contributed by atoms with Crippen LogP contribution >= 0.6 is 0 Å². The van der Waals surface area contributed by atoms with Gasteiger partial charge in [-0.25, -0.2) is 0 Å². The van der Waals surface area contributed by atoms with Gasteiger partial charge >= 0.3 is 0 Å². The van der Waals surface area contributed by atoms with Crippen molar-refractivity contribution >= 4 is 5.91 Å². The van der Waals surface area contributed by atoms with Crippen LogP contribution in [0.4, 0.5) is 0 Å². The summed E-state index contributed by atoms with van der Waals surface area (Å²) in [6.07, 6.45) is 12.8. The van der Waals surface area contributed by atoms with Crippen molar-refractivity contribution in [2.75, 3.05) is 32.9 Å². The number of amides is 1. The first-order valence-electron chi connectivity index (χ1n) is 11.5. The Kier molecular flexibility index (Phi) is 5.45. The molecule has 0 aromatic rings. The Hall–Kier alpha value is -0.650. The van der Waals surface area contributed by atoms with Crippen LogP contribution in [0, 0.1) is 11.8 Å². The second kappa shape index (κ2) is 8.00. The molecule has 1 amide bonds. The molecule has 0 unspecified atom stereocenters. The zero-order valence-electron chi connectivity index (χ0n) is 16.7. The highest BCUT2D eigenvalue weighted by Crippen LogP contribution is 2.37. The molecule has 0 aromatic carbocycles. The number of carbonyl (C=O) groups is 1.